The molecule has 0 saturated carbocycles. The van der Waals surface area contributed by atoms with Gasteiger partial charge >= 0.3 is 18.5 Å². The second-order valence-corrected chi connectivity index (χ2v) is 9.88. The summed E-state index contributed by atoms with van der Waals surface area (Å²) in [6.07, 6.45) is -11.7. The number of aromatic nitrogens is 5. The van der Waals surface area contributed by atoms with Crippen molar-refractivity contribution in [1.82, 2.24) is 25.2 Å². The fraction of sp³-hybridized carbons (Fsp3) is 0.357. The van der Waals surface area contributed by atoms with Crippen molar-refractivity contribution in [2.75, 3.05) is 12.0 Å². The highest BCUT2D eigenvalue weighted by Crippen LogP contribution is 2.38. The molecule has 0 radical (unpaired) electrons. The summed E-state index contributed by atoms with van der Waals surface area (Å²) in [5.74, 6) is -0.230. The topological polar surface area (TPSA) is 69.0 Å². The minimum absolute atomic E-state index is 0.00916. The van der Waals surface area contributed by atoms with Gasteiger partial charge in [0, 0.05) is 32.6 Å². The average molecular weight is 633 g/mol. The van der Waals surface area contributed by atoms with Gasteiger partial charge in [-0.2, -0.15) is 44.3 Å². The van der Waals surface area contributed by atoms with Gasteiger partial charge in [0.25, 0.3) is 5.95 Å². The second kappa shape index (κ2) is 12.8. The number of hydrogen-bond donors (Lipinski definition) is 0. The van der Waals surface area contributed by atoms with Crippen molar-refractivity contribution < 1.29 is 44.3 Å². The molecule has 0 aliphatic heterocycles. The minimum Gasteiger partial charge on any atom is -0.377 e. The first-order valence-corrected chi connectivity index (χ1v) is 12.9. The zero-order valence-corrected chi connectivity index (χ0v) is 23.2. The van der Waals surface area contributed by atoms with Gasteiger partial charge in [-0.3, -0.25) is 4.98 Å². The van der Waals surface area contributed by atoms with Gasteiger partial charge in [0.05, 0.1) is 29.8 Å². The Bertz CT molecular complexity index is 1520. The summed E-state index contributed by atoms with van der Waals surface area (Å²) < 4.78 is 128. The number of hydrogen-bond acceptors (Lipinski definition) is 6. The second-order valence-electron chi connectivity index (χ2n) is 9.88. The first kappa shape index (κ1) is 32.7. The summed E-state index contributed by atoms with van der Waals surface area (Å²) in [6.45, 7) is -1.06. The fourth-order valence-electron chi connectivity index (χ4n) is 4.61. The van der Waals surface area contributed by atoms with Crippen molar-refractivity contribution in [2.24, 2.45) is 7.05 Å². The van der Waals surface area contributed by atoms with Crippen molar-refractivity contribution in [2.45, 2.75) is 50.6 Å². The third-order valence-corrected chi connectivity index (χ3v) is 6.68. The predicted molar refractivity (Wildman–Crippen MR) is 139 cm³/mol. The Labute approximate surface area is 245 Å². The lowest BCUT2D eigenvalue weighted by Crippen LogP contribution is -2.26. The molecule has 0 aliphatic rings. The molecule has 0 N–H and O–H groups in total. The molecule has 2 aromatic heterocycles. The van der Waals surface area contributed by atoms with E-state index in [9.17, 15) is 39.5 Å². The summed E-state index contributed by atoms with van der Waals surface area (Å²) in [5, 5.41) is 11.5. The maximum atomic E-state index is 13.8. The van der Waals surface area contributed by atoms with E-state index in [0.29, 0.717) is 30.5 Å². The van der Waals surface area contributed by atoms with E-state index in [4.69, 9.17) is 4.74 Å². The molecule has 0 saturated heterocycles. The van der Waals surface area contributed by atoms with E-state index in [1.807, 2.05) is 6.07 Å². The third-order valence-electron chi connectivity index (χ3n) is 6.68. The van der Waals surface area contributed by atoms with Crippen LogP contribution in [0.2, 0.25) is 0 Å². The Kier molecular flexibility index (Phi) is 9.51. The SMILES string of the molecule is COC(CCc1cccnc1)c1ccc(C(F)(F)F)cc1CN(Cc1cc(C(F)(F)F)cc(C(F)(F)F)c1)c1nnn(C)n1. The molecule has 2 aromatic carbocycles. The Morgan fingerprint density at radius 3 is 2.00 bits per heavy atom. The van der Waals surface area contributed by atoms with Gasteiger partial charge in [-0.05, 0) is 76.7 Å². The number of benzene rings is 2. The average Bonchev–Trinajstić information content (AvgIpc) is 3.38. The Hall–Kier alpha value is -4.21. The molecule has 1 unspecified atom stereocenters. The Morgan fingerprint density at radius 1 is 0.818 bits per heavy atom. The number of nitrogens with zero attached hydrogens (tertiary/aromatic N) is 6. The van der Waals surface area contributed by atoms with Gasteiger partial charge in [0.1, 0.15) is 0 Å². The van der Waals surface area contributed by atoms with E-state index in [0.717, 1.165) is 27.4 Å². The number of ether oxygens (including phenoxy) is 1. The maximum absolute atomic E-state index is 13.8. The lowest BCUT2D eigenvalue weighted by atomic mass is 9.95. The van der Waals surface area contributed by atoms with Crippen LogP contribution in [0, 0.1) is 0 Å². The van der Waals surface area contributed by atoms with Gasteiger partial charge < -0.3 is 9.64 Å². The molecule has 16 heteroatoms. The summed E-state index contributed by atoms with van der Waals surface area (Å²) >= 11 is 0. The van der Waals surface area contributed by atoms with Crippen molar-refractivity contribution in [3.05, 3.63) is 99.9 Å². The summed E-state index contributed by atoms with van der Waals surface area (Å²) in [5.41, 5.74) is -3.28. The molecule has 7 nitrogen and oxygen atoms in total. The third kappa shape index (κ3) is 8.24. The van der Waals surface area contributed by atoms with Crippen LogP contribution in [0.1, 0.15) is 51.5 Å². The van der Waals surface area contributed by atoms with Crippen LogP contribution in [0.5, 0.6) is 0 Å². The molecule has 236 valence electrons. The number of alkyl halides is 9. The highest BCUT2D eigenvalue weighted by Gasteiger charge is 2.37. The fourth-order valence-corrected chi connectivity index (χ4v) is 4.61. The molecular formula is C28H25F9N6O. The van der Waals surface area contributed by atoms with Crippen molar-refractivity contribution in [1.29, 1.82) is 0 Å². The summed E-state index contributed by atoms with van der Waals surface area (Å²) in [7, 11) is 2.74. The minimum atomic E-state index is -5.10. The van der Waals surface area contributed by atoms with Gasteiger partial charge in [0.15, 0.2) is 0 Å². The van der Waals surface area contributed by atoms with E-state index in [1.54, 1.807) is 18.5 Å². The van der Waals surface area contributed by atoms with Crippen LogP contribution in [0.4, 0.5) is 45.5 Å². The Morgan fingerprint density at radius 2 is 1.48 bits per heavy atom. The first-order chi connectivity index (χ1) is 20.5. The predicted octanol–water partition coefficient (Wildman–Crippen LogP) is 7.19. The van der Waals surface area contributed by atoms with Crippen LogP contribution in [0.15, 0.2) is 60.9 Å². The zero-order chi connectivity index (χ0) is 32.3. The van der Waals surface area contributed by atoms with E-state index >= 15 is 0 Å². The van der Waals surface area contributed by atoms with E-state index in [-0.39, 0.29) is 17.6 Å². The van der Waals surface area contributed by atoms with E-state index in [2.05, 4.69) is 20.4 Å². The molecule has 0 aliphatic carbocycles. The van der Waals surface area contributed by atoms with Crippen LogP contribution >= 0.6 is 0 Å². The molecule has 44 heavy (non-hydrogen) atoms. The monoisotopic (exact) mass is 632 g/mol. The van der Waals surface area contributed by atoms with Gasteiger partial charge in [-0.25, -0.2) is 0 Å². The maximum Gasteiger partial charge on any atom is 0.416 e. The smallest absolute Gasteiger partial charge is 0.377 e. The molecule has 0 bridgehead atoms. The summed E-state index contributed by atoms with van der Waals surface area (Å²) in [6, 6.07) is 7.59. The number of halogens is 9. The number of rotatable bonds is 10. The molecule has 4 aromatic rings. The number of methoxy groups -OCH3 is 1. The van der Waals surface area contributed by atoms with Crippen LogP contribution < -0.4 is 4.90 Å². The molecule has 0 fully saturated rings. The van der Waals surface area contributed by atoms with Gasteiger partial charge in [0.2, 0.25) is 0 Å². The number of tetrazole rings is 1. The van der Waals surface area contributed by atoms with E-state index < -0.39 is 60.0 Å². The van der Waals surface area contributed by atoms with Crippen LogP contribution in [-0.4, -0.2) is 32.3 Å². The standard InChI is InChI=1S/C28H25F9N6O/c1-42-40-25(39-41-42)43(15-18-10-21(27(32,33)34)13-22(11-18)28(35,36)37)16-19-12-20(26(29,30)31)6-7-23(19)24(44-2)8-5-17-4-3-9-38-14-17/h3-4,6-7,9-14,24H,5,8,15-16H2,1-2H3. The van der Waals surface area contributed by atoms with Crippen molar-refractivity contribution >= 4 is 5.95 Å². The largest absolute Gasteiger partial charge is 0.416 e. The first-order valence-electron chi connectivity index (χ1n) is 12.9. The van der Waals surface area contributed by atoms with Crippen LogP contribution in [0.3, 0.4) is 0 Å². The van der Waals surface area contributed by atoms with Crippen LogP contribution in [0.25, 0.3) is 0 Å². The molecule has 0 spiro atoms. The molecule has 4 rings (SSSR count). The number of anilines is 1. The number of pyridine rings is 1. The van der Waals surface area contributed by atoms with Crippen molar-refractivity contribution in [3.63, 3.8) is 0 Å². The van der Waals surface area contributed by atoms with Gasteiger partial charge in [-0.15, -0.1) is 5.10 Å². The van der Waals surface area contributed by atoms with E-state index in [1.165, 1.54) is 20.2 Å². The molecular weight excluding hydrogens is 607 g/mol. The Balaban J connectivity index is 1.77. The highest BCUT2D eigenvalue weighted by atomic mass is 19.4. The quantitative estimate of drug-likeness (QED) is 0.173. The zero-order valence-electron chi connectivity index (χ0n) is 23.2. The molecule has 1 atom stereocenters. The normalized spacial score (nSPS) is 13.2. The lowest BCUT2D eigenvalue weighted by molar-refractivity contribution is -0.143. The molecule has 0 amide bonds. The summed E-state index contributed by atoms with van der Waals surface area (Å²) in [4.78, 5) is 6.18. The van der Waals surface area contributed by atoms with Crippen LogP contribution in [-0.2, 0) is 49.8 Å². The number of aryl methyl sites for hydroxylation is 2. The van der Waals surface area contributed by atoms with Gasteiger partial charge in [-0.1, -0.05) is 17.2 Å². The highest BCUT2D eigenvalue weighted by molar-refractivity contribution is 5.42. The lowest BCUT2D eigenvalue weighted by Gasteiger charge is -2.26. The molecule has 2 heterocycles. The van der Waals surface area contributed by atoms with Crippen molar-refractivity contribution in [3.8, 4) is 0 Å².